The number of fused-ring (bicyclic) bond motifs is 4. The highest BCUT2D eigenvalue weighted by molar-refractivity contribution is 6.56. The molecule has 0 radical (unpaired) electrons. The number of rotatable bonds is 4. The fourth-order valence-electron chi connectivity index (χ4n) is 8.96. The van der Waals surface area contributed by atoms with Crippen molar-refractivity contribution in [2.24, 2.45) is 52.3 Å². The minimum Gasteiger partial charge on any atom is -0.563 e. The van der Waals surface area contributed by atoms with Crippen LogP contribution < -0.4 is 0 Å². The van der Waals surface area contributed by atoms with E-state index in [0.29, 0.717) is 17.7 Å². The highest BCUT2D eigenvalue weighted by atomic mass is 16.4. The normalized spacial score (nSPS) is 49.3. The van der Waals surface area contributed by atoms with Crippen molar-refractivity contribution < 1.29 is 4.65 Å². The Morgan fingerprint density at radius 1 is 0.828 bits per heavy atom. The lowest BCUT2D eigenvalue weighted by atomic mass is 9.27. The van der Waals surface area contributed by atoms with Gasteiger partial charge in [0.15, 0.2) is 0 Å². The lowest BCUT2D eigenvalue weighted by Gasteiger charge is -2.65. The Kier molecular flexibility index (Phi) is 4.81. The molecule has 1 nitrogen and oxygen atoms in total. The van der Waals surface area contributed by atoms with Crippen LogP contribution in [-0.2, 0) is 4.65 Å². The summed E-state index contributed by atoms with van der Waals surface area (Å²) in [6, 6.07) is 0. The molecule has 7 aliphatic rings. The van der Waals surface area contributed by atoms with Gasteiger partial charge in [0.05, 0.1) is 5.76 Å². The molecule has 162 valence electrons. The maximum absolute atomic E-state index is 7.09. The van der Waals surface area contributed by atoms with Crippen molar-refractivity contribution in [3.05, 3.63) is 11.8 Å². The van der Waals surface area contributed by atoms with Crippen LogP contribution in [0.1, 0.15) is 93.4 Å². The zero-order valence-electron chi connectivity index (χ0n) is 20.2. The predicted octanol–water partition coefficient (Wildman–Crippen LogP) is 7.84. The summed E-state index contributed by atoms with van der Waals surface area (Å²) in [7, 11) is 0. The highest BCUT2D eigenvalue weighted by Crippen LogP contribution is 2.69. The first-order chi connectivity index (χ1) is 13.6. The van der Waals surface area contributed by atoms with Crippen LogP contribution in [0, 0.1) is 52.3 Å². The molecule has 9 atom stereocenters. The largest absolute Gasteiger partial charge is 0.563 e. The van der Waals surface area contributed by atoms with E-state index in [2.05, 4.69) is 54.5 Å². The molecule has 0 aromatic heterocycles. The summed E-state index contributed by atoms with van der Waals surface area (Å²) in [5.74, 6) is 9.10. The van der Waals surface area contributed by atoms with Crippen LogP contribution in [-0.4, -0.2) is 6.92 Å². The molecule has 0 spiro atoms. The van der Waals surface area contributed by atoms with Gasteiger partial charge in [0.1, 0.15) is 0 Å². The molecule has 0 heterocycles. The smallest absolute Gasteiger partial charge is 0.364 e. The summed E-state index contributed by atoms with van der Waals surface area (Å²) in [4.78, 5) is 0. The minimum atomic E-state index is 0.474. The van der Waals surface area contributed by atoms with Gasteiger partial charge in [0.2, 0.25) is 0 Å². The van der Waals surface area contributed by atoms with Crippen molar-refractivity contribution >= 4 is 6.92 Å². The monoisotopic (exact) mass is 396 g/mol. The van der Waals surface area contributed by atoms with Crippen molar-refractivity contribution in [3.63, 3.8) is 0 Å². The standard InChI is InChI=1S/C27H45BO/c1-16-8-10-21(11-9-16)29-28(24-14-19-12-22(17(24)2)26(19,4)5)25-15-20-13-23(18(25)3)27(20,6)7/h10,16-20,22-25H,8-9,11-15H2,1-7H3/t16-,17?,18?,19?,20?,22?,23?,24?,25?/m1/s1. The summed E-state index contributed by atoms with van der Waals surface area (Å²) >= 11 is 0. The Labute approximate surface area is 180 Å². The second-order valence-corrected chi connectivity index (χ2v) is 13.4. The van der Waals surface area contributed by atoms with Crippen molar-refractivity contribution in [3.8, 4) is 0 Å². The van der Waals surface area contributed by atoms with Gasteiger partial charge in [0, 0.05) is 6.42 Å². The molecule has 0 amide bonds. The second-order valence-electron chi connectivity index (χ2n) is 13.4. The van der Waals surface area contributed by atoms with Crippen molar-refractivity contribution in [2.75, 3.05) is 0 Å². The number of hydrogen-bond acceptors (Lipinski definition) is 1. The fourth-order valence-corrected chi connectivity index (χ4v) is 8.96. The van der Waals surface area contributed by atoms with E-state index in [1.54, 1.807) is 0 Å². The van der Waals surface area contributed by atoms with Gasteiger partial charge < -0.3 is 4.65 Å². The van der Waals surface area contributed by atoms with Crippen LogP contribution in [0.5, 0.6) is 0 Å². The van der Waals surface area contributed by atoms with E-state index >= 15 is 0 Å². The Morgan fingerprint density at radius 2 is 1.34 bits per heavy atom. The lowest BCUT2D eigenvalue weighted by Crippen LogP contribution is -2.60. The van der Waals surface area contributed by atoms with Crippen LogP contribution in [0.25, 0.3) is 0 Å². The van der Waals surface area contributed by atoms with Gasteiger partial charge in [-0.05, 0) is 108 Å². The Morgan fingerprint density at radius 3 is 1.72 bits per heavy atom. The van der Waals surface area contributed by atoms with E-state index in [1.165, 1.54) is 50.7 Å². The molecule has 0 aromatic carbocycles. The highest BCUT2D eigenvalue weighted by Gasteiger charge is 2.63. The molecule has 0 aromatic rings. The van der Waals surface area contributed by atoms with Gasteiger partial charge in [-0.25, -0.2) is 0 Å². The van der Waals surface area contributed by atoms with E-state index in [4.69, 9.17) is 4.65 Å². The van der Waals surface area contributed by atoms with Crippen LogP contribution in [0.3, 0.4) is 0 Å². The van der Waals surface area contributed by atoms with Gasteiger partial charge >= 0.3 is 6.92 Å². The molecular formula is C27H45BO. The van der Waals surface area contributed by atoms with Crippen molar-refractivity contribution in [2.45, 2.75) is 105 Å². The topological polar surface area (TPSA) is 9.23 Å². The van der Waals surface area contributed by atoms with Crippen LogP contribution >= 0.6 is 0 Å². The Hall–Kier alpha value is -0.395. The van der Waals surface area contributed by atoms with Crippen LogP contribution in [0.4, 0.5) is 0 Å². The Bertz CT molecular complexity index is 636. The van der Waals surface area contributed by atoms with Gasteiger partial charge in [-0.15, -0.1) is 0 Å². The van der Waals surface area contributed by atoms with E-state index in [0.717, 1.165) is 53.1 Å². The third-order valence-corrected chi connectivity index (χ3v) is 11.6. The molecule has 0 saturated heterocycles. The zero-order valence-corrected chi connectivity index (χ0v) is 20.2. The third kappa shape index (κ3) is 3.01. The maximum Gasteiger partial charge on any atom is 0.364 e. The lowest BCUT2D eigenvalue weighted by molar-refractivity contribution is -0.110. The molecule has 2 heteroatoms. The summed E-state index contributed by atoms with van der Waals surface area (Å²) in [5, 5.41) is 0. The van der Waals surface area contributed by atoms with Gasteiger partial charge in [-0.2, -0.15) is 0 Å². The van der Waals surface area contributed by atoms with E-state index in [-0.39, 0.29) is 0 Å². The number of allylic oxidation sites excluding steroid dienone is 2. The molecule has 7 rings (SSSR count). The molecule has 29 heavy (non-hydrogen) atoms. The second kappa shape index (κ2) is 6.80. The Balaban J connectivity index is 1.40. The molecule has 0 N–H and O–H groups in total. The van der Waals surface area contributed by atoms with Crippen LogP contribution in [0.2, 0.25) is 11.6 Å². The minimum absolute atomic E-state index is 0.474. The van der Waals surface area contributed by atoms with E-state index < -0.39 is 0 Å². The quantitative estimate of drug-likeness (QED) is 0.440. The first-order valence-electron chi connectivity index (χ1n) is 13.0. The van der Waals surface area contributed by atoms with Crippen molar-refractivity contribution in [1.29, 1.82) is 0 Å². The van der Waals surface area contributed by atoms with Crippen molar-refractivity contribution in [1.82, 2.24) is 0 Å². The molecule has 8 unspecified atom stereocenters. The molecular weight excluding hydrogens is 351 g/mol. The molecule has 6 saturated carbocycles. The van der Waals surface area contributed by atoms with E-state index in [1.807, 2.05) is 0 Å². The SMILES string of the molecule is CC1C(B(OC2=CC[C@@H](C)CC2)C2CC3CC(C2C)C3(C)C)CC2CC1C2(C)C. The summed E-state index contributed by atoms with van der Waals surface area (Å²) in [6.07, 6.45) is 12.0. The third-order valence-electron chi connectivity index (χ3n) is 11.6. The fraction of sp³-hybridized carbons (Fsp3) is 0.926. The number of hydrogen-bond donors (Lipinski definition) is 0. The average molecular weight is 396 g/mol. The maximum atomic E-state index is 7.09. The zero-order chi connectivity index (χ0) is 20.7. The van der Waals surface area contributed by atoms with Gasteiger partial charge in [-0.3, -0.25) is 0 Å². The summed E-state index contributed by atoms with van der Waals surface area (Å²) < 4.78 is 7.09. The average Bonchev–Trinajstić information content (AvgIpc) is 2.67. The predicted molar refractivity (Wildman–Crippen MR) is 124 cm³/mol. The molecule has 4 bridgehead atoms. The molecule has 0 aliphatic heterocycles. The molecule has 7 aliphatic carbocycles. The van der Waals surface area contributed by atoms with Gasteiger partial charge in [0.25, 0.3) is 0 Å². The van der Waals surface area contributed by atoms with Crippen LogP contribution in [0.15, 0.2) is 11.8 Å². The molecule has 6 fully saturated rings. The first-order valence-corrected chi connectivity index (χ1v) is 13.0. The first kappa shape index (κ1) is 20.5. The van der Waals surface area contributed by atoms with Gasteiger partial charge in [-0.1, -0.05) is 48.5 Å². The summed E-state index contributed by atoms with van der Waals surface area (Å²) in [5.41, 5.74) is 1.14. The van der Waals surface area contributed by atoms with E-state index in [9.17, 15) is 0 Å². The summed E-state index contributed by atoms with van der Waals surface area (Å²) in [6.45, 7) is 18.2.